The van der Waals surface area contributed by atoms with E-state index in [0.717, 1.165) is 23.9 Å². The molecule has 23 heavy (non-hydrogen) atoms. The predicted octanol–water partition coefficient (Wildman–Crippen LogP) is 3.02. The summed E-state index contributed by atoms with van der Waals surface area (Å²) in [6, 6.07) is 9.33. The molecule has 2 amide bonds. The summed E-state index contributed by atoms with van der Waals surface area (Å²) in [7, 11) is 1.50. The number of amides is 2. The number of imide groups is 1. The number of hydrogen-bond donors (Lipinski definition) is 1. The van der Waals surface area contributed by atoms with E-state index in [4.69, 9.17) is 4.74 Å². The zero-order valence-corrected chi connectivity index (χ0v) is 13.0. The molecular weight excluding hydrogens is 324 g/mol. The minimum Gasteiger partial charge on any atom is -0.497 e. The van der Waals surface area contributed by atoms with Crippen LogP contribution in [0.5, 0.6) is 5.75 Å². The van der Waals surface area contributed by atoms with Gasteiger partial charge in [-0.15, -0.1) is 11.8 Å². The lowest BCUT2D eigenvalue weighted by molar-refractivity contribution is -0.117. The van der Waals surface area contributed by atoms with Crippen LogP contribution in [0, 0.1) is 11.6 Å². The fraction of sp³-hybridized carbons (Fsp3) is 0.125. The number of benzene rings is 2. The van der Waals surface area contributed by atoms with E-state index >= 15 is 0 Å². The number of thioether (sulfide) groups is 1. The highest BCUT2D eigenvalue weighted by Gasteiger charge is 2.12. The van der Waals surface area contributed by atoms with Crippen molar-refractivity contribution in [2.24, 2.45) is 0 Å². The monoisotopic (exact) mass is 337 g/mol. The van der Waals surface area contributed by atoms with Crippen molar-refractivity contribution in [2.75, 3.05) is 12.9 Å². The standard InChI is InChI=1S/C16H13F2NO3S/c1-22-12-5-2-10(3-6-12)16(21)19-15(20)9-23-14-7-4-11(17)8-13(14)18/h2-8H,9H2,1H3,(H,19,20,21). The average molecular weight is 337 g/mol. The Balaban J connectivity index is 1.89. The molecule has 0 saturated heterocycles. The van der Waals surface area contributed by atoms with Crippen LogP contribution in [0.15, 0.2) is 47.4 Å². The van der Waals surface area contributed by atoms with Gasteiger partial charge in [0.25, 0.3) is 5.91 Å². The van der Waals surface area contributed by atoms with Gasteiger partial charge < -0.3 is 4.74 Å². The summed E-state index contributed by atoms with van der Waals surface area (Å²) in [5.74, 6) is -2.13. The maximum Gasteiger partial charge on any atom is 0.257 e. The molecule has 0 bridgehead atoms. The van der Waals surface area contributed by atoms with Gasteiger partial charge in [0.15, 0.2) is 0 Å². The first-order valence-corrected chi connectivity index (χ1v) is 7.54. The largest absolute Gasteiger partial charge is 0.497 e. The van der Waals surface area contributed by atoms with Crippen LogP contribution in [-0.4, -0.2) is 24.7 Å². The van der Waals surface area contributed by atoms with Crippen LogP contribution in [0.2, 0.25) is 0 Å². The van der Waals surface area contributed by atoms with E-state index in [-0.39, 0.29) is 10.6 Å². The topological polar surface area (TPSA) is 55.4 Å². The van der Waals surface area contributed by atoms with Crippen molar-refractivity contribution < 1.29 is 23.1 Å². The van der Waals surface area contributed by atoms with Gasteiger partial charge in [-0.05, 0) is 36.4 Å². The van der Waals surface area contributed by atoms with Gasteiger partial charge in [0.1, 0.15) is 17.4 Å². The Hall–Kier alpha value is -2.41. The van der Waals surface area contributed by atoms with E-state index < -0.39 is 23.4 Å². The average Bonchev–Trinajstić information content (AvgIpc) is 2.54. The van der Waals surface area contributed by atoms with Crippen molar-refractivity contribution in [2.45, 2.75) is 4.90 Å². The van der Waals surface area contributed by atoms with Gasteiger partial charge in [-0.1, -0.05) is 0 Å². The number of nitrogens with one attached hydrogen (secondary N) is 1. The molecule has 0 aliphatic rings. The van der Waals surface area contributed by atoms with Crippen LogP contribution in [0.1, 0.15) is 10.4 Å². The van der Waals surface area contributed by atoms with E-state index in [9.17, 15) is 18.4 Å². The molecule has 2 aromatic carbocycles. The molecule has 1 N–H and O–H groups in total. The van der Waals surface area contributed by atoms with Gasteiger partial charge in [-0.3, -0.25) is 14.9 Å². The van der Waals surface area contributed by atoms with Gasteiger partial charge >= 0.3 is 0 Å². The summed E-state index contributed by atoms with van der Waals surface area (Å²) >= 11 is 0.881. The molecule has 0 atom stereocenters. The molecule has 4 nitrogen and oxygen atoms in total. The first-order chi connectivity index (χ1) is 11.0. The molecule has 0 fully saturated rings. The van der Waals surface area contributed by atoms with Crippen molar-refractivity contribution in [3.05, 3.63) is 59.7 Å². The summed E-state index contributed by atoms with van der Waals surface area (Å²) in [4.78, 5) is 23.7. The normalized spacial score (nSPS) is 10.2. The van der Waals surface area contributed by atoms with E-state index in [2.05, 4.69) is 5.32 Å². The molecular formula is C16H13F2NO3S. The summed E-state index contributed by atoms with van der Waals surface area (Å²) in [5.41, 5.74) is 0.303. The highest BCUT2D eigenvalue weighted by atomic mass is 32.2. The lowest BCUT2D eigenvalue weighted by Crippen LogP contribution is -2.31. The molecule has 7 heteroatoms. The Morgan fingerprint density at radius 2 is 1.83 bits per heavy atom. The second kappa shape index (κ2) is 7.73. The van der Waals surface area contributed by atoms with Crippen LogP contribution in [-0.2, 0) is 4.79 Å². The lowest BCUT2D eigenvalue weighted by atomic mass is 10.2. The van der Waals surface area contributed by atoms with Crippen LogP contribution >= 0.6 is 11.8 Å². The van der Waals surface area contributed by atoms with Gasteiger partial charge in [0, 0.05) is 16.5 Å². The van der Waals surface area contributed by atoms with Gasteiger partial charge in [-0.2, -0.15) is 0 Å². The van der Waals surface area contributed by atoms with E-state index in [0.29, 0.717) is 11.3 Å². The maximum atomic E-state index is 13.4. The Kier molecular flexibility index (Phi) is 5.70. The lowest BCUT2D eigenvalue weighted by Gasteiger charge is -2.06. The number of methoxy groups -OCH3 is 1. The summed E-state index contributed by atoms with van der Waals surface area (Å²) in [6.07, 6.45) is 0. The fourth-order valence-electron chi connectivity index (χ4n) is 1.71. The third-order valence-electron chi connectivity index (χ3n) is 2.86. The van der Waals surface area contributed by atoms with Crippen LogP contribution in [0.25, 0.3) is 0 Å². The van der Waals surface area contributed by atoms with Crippen molar-refractivity contribution >= 4 is 23.6 Å². The molecule has 2 aromatic rings. The SMILES string of the molecule is COc1ccc(C(=O)NC(=O)CSc2ccc(F)cc2F)cc1. The van der Waals surface area contributed by atoms with Gasteiger partial charge in [0.2, 0.25) is 5.91 Å². The minimum absolute atomic E-state index is 0.137. The molecule has 0 heterocycles. The quantitative estimate of drug-likeness (QED) is 0.852. The third-order valence-corrected chi connectivity index (χ3v) is 3.91. The Morgan fingerprint density at radius 1 is 1.13 bits per heavy atom. The Bertz CT molecular complexity index is 720. The number of halogens is 2. The molecule has 2 rings (SSSR count). The van der Waals surface area contributed by atoms with Crippen molar-refractivity contribution in [1.82, 2.24) is 5.32 Å². The summed E-state index contributed by atoms with van der Waals surface area (Å²) in [5, 5.41) is 2.20. The third kappa shape index (κ3) is 4.79. The van der Waals surface area contributed by atoms with Crippen LogP contribution in [0.4, 0.5) is 8.78 Å². The van der Waals surface area contributed by atoms with Crippen LogP contribution < -0.4 is 10.1 Å². The first kappa shape index (κ1) is 17.0. The van der Waals surface area contributed by atoms with E-state index in [1.807, 2.05) is 0 Å². The molecule has 0 aliphatic carbocycles. The van der Waals surface area contributed by atoms with Crippen LogP contribution in [0.3, 0.4) is 0 Å². The molecule has 0 spiro atoms. The predicted molar refractivity (Wildman–Crippen MR) is 82.5 cm³/mol. The molecule has 120 valence electrons. The Labute approximate surface area is 135 Å². The summed E-state index contributed by atoms with van der Waals surface area (Å²) in [6.45, 7) is 0. The maximum absolute atomic E-state index is 13.4. The van der Waals surface area contributed by atoms with E-state index in [1.54, 1.807) is 12.1 Å². The van der Waals surface area contributed by atoms with Crippen molar-refractivity contribution in [3.63, 3.8) is 0 Å². The smallest absolute Gasteiger partial charge is 0.257 e. The number of carbonyl (C=O) groups is 2. The van der Waals surface area contributed by atoms with Gasteiger partial charge in [0.05, 0.1) is 12.9 Å². The molecule has 0 unspecified atom stereocenters. The highest BCUT2D eigenvalue weighted by molar-refractivity contribution is 8.00. The van der Waals surface area contributed by atoms with Crippen molar-refractivity contribution in [3.8, 4) is 5.75 Å². The minimum atomic E-state index is -0.746. The number of ether oxygens (including phenoxy) is 1. The van der Waals surface area contributed by atoms with Gasteiger partial charge in [-0.25, -0.2) is 8.78 Å². The fourth-order valence-corrected chi connectivity index (χ4v) is 2.43. The molecule has 0 aromatic heterocycles. The van der Waals surface area contributed by atoms with Crippen molar-refractivity contribution in [1.29, 1.82) is 0 Å². The first-order valence-electron chi connectivity index (χ1n) is 6.55. The number of carbonyl (C=O) groups excluding carboxylic acids is 2. The number of rotatable bonds is 5. The second-order valence-corrected chi connectivity index (χ2v) is 5.49. The molecule has 0 radical (unpaired) electrons. The zero-order chi connectivity index (χ0) is 16.8. The van der Waals surface area contributed by atoms with E-state index in [1.165, 1.54) is 25.3 Å². The molecule has 0 aliphatic heterocycles. The Morgan fingerprint density at radius 3 is 2.43 bits per heavy atom. The second-order valence-electron chi connectivity index (χ2n) is 4.47. The highest BCUT2D eigenvalue weighted by Crippen LogP contribution is 2.22. The summed E-state index contributed by atoms with van der Waals surface area (Å²) < 4.78 is 31.2. The zero-order valence-electron chi connectivity index (χ0n) is 12.1. The molecule has 0 saturated carbocycles. The number of hydrogen-bond acceptors (Lipinski definition) is 4.